The Bertz CT molecular complexity index is 660. The first-order valence-electron chi connectivity index (χ1n) is 6.18. The van der Waals surface area contributed by atoms with Gasteiger partial charge in [-0.25, -0.2) is 4.98 Å². The molecule has 0 saturated heterocycles. The van der Waals surface area contributed by atoms with Crippen LogP contribution in [0.1, 0.15) is 0 Å². The number of aromatic nitrogens is 1. The zero-order chi connectivity index (χ0) is 13.1. The molecule has 1 heterocycles. The predicted octanol–water partition coefficient (Wildman–Crippen LogP) is 4.05. The quantitative estimate of drug-likeness (QED) is 0.762. The second kappa shape index (κ2) is 4.98. The minimum absolute atomic E-state index is 0.629. The molecule has 1 N–H and O–H groups in total. The monoisotopic (exact) mass is 250 g/mol. The van der Waals surface area contributed by atoms with Gasteiger partial charge >= 0.3 is 0 Å². The molecule has 19 heavy (non-hydrogen) atoms. The molecule has 0 amide bonds. The number of nitrogens with one attached hydrogen (secondary N) is 1. The van der Waals surface area contributed by atoms with Gasteiger partial charge in [-0.15, -0.1) is 0 Å². The molecule has 2 aromatic carbocycles. The maximum atomic E-state index is 5.78. The topological polar surface area (TPSA) is 38.1 Å². The van der Waals surface area contributed by atoms with Crippen molar-refractivity contribution in [2.45, 2.75) is 0 Å². The number of benzene rings is 2. The Morgan fingerprint density at radius 3 is 2.00 bits per heavy atom. The van der Waals surface area contributed by atoms with Crippen LogP contribution in [-0.2, 0) is 0 Å². The zero-order valence-electron chi connectivity index (χ0n) is 10.6. The van der Waals surface area contributed by atoms with E-state index in [4.69, 9.17) is 4.42 Å². The smallest absolute Gasteiger partial charge is 0.229 e. The molecular weight excluding hydrogens is 236 g/mol. The van der Waals surface area contributed by atoms with E-state index in [2.05, 4.69) is 10.3 Å². The average Bonchev–Trinajstić information content (AvgIpc) is 2.93. The first-order valence-corrected chi connectivity index (χ1v) is 6.18. The summed E-state index contributed by atoms with van der Waals surface area (Å²) < 4.78 is 5.78. The minimum atomic E-state index is 0.629. The van der Waals surface area contributed by atoms with Crippen LogP contribution in [0.3, 0.4) is 0 Å². The normalized spacial score (nSPS) is 10.4. The fourth-order valence-corrected chi connectivity index (χ4v) is 1.99. The molecule has 0 bridgehead atoms. The summed E-state index contributed by atoms with van der Waals surface area (Å²) in [6.07, 6.45) is 0. The lowest BCUT2D eigenvalue weighted by Crippen LogP contribution is -1.88. The van der Waals surface area contributed by atoms with Crippen LogP contribution in [0.25, 0.3) is 22.7 Å². The van der Waals surface area contributed by atoms with E-state index < -0.39 is 0 Å². The lowest BCUT2D eigenvalue weighted by molar-refractivity contribution is 0.590. The van der Waals surface area contributed by atoms with E-state index in [9.17, 15) is 0 Å². The first-order chi connectivity index (χ1) is 9.38. The SMILES string of the molecule is CNc1oc(-c2ccccc2)nc1-c1ccccc1. The molecule has 0 radical (unpaired) electrons. The van der Waals surface area contributed by atoms with Gasteiger partial charge in [0.05, 0.1) is 0 Å². The standard InChI is InChI=1S/C16H14N2O/c1-17-16-14(12-8-4-2-5-9-12)18-15(19-16)13-10-6-3-7-11-13/h2-11,17H,1H3. The van der Waals surface area contributed by atoms with Crippen molar-refractivity contribution in [3.63, 3.8) is 0 Å². The van der Waals surface area contributed by atoms with Crippen molar-refractivity contribution in [2.75, 3.05) is 12.4 Å². The molecule has 94 valence electrons. The van der Waals surface area contributed by atoms with Crippen LogP contribution < -0.4 is 5.32 Å². The second-order valence-corrected chi connectivity index (χ2v) is 4.18. The van der Waals surface area contributed by atoms with E-state index in [0.29, 0.717) is 11.8 Å². The van der Waals surface area contributed by atoms with Gasteiger partial charge < -0.3 is 9.73 Å². The number of hydrogen-bond donors (Lipinski definition) is 1. The Kier molecular flexibility index (Phi) is 3.02. The molecule has 3 rings (SSSR count). The van der Waals surface area contributed by atoms with Crippen LogP contribution in [0.2, 0.25) is 0 Å². The maximum Gasteiger partial charge on any atom is 0.229 e. The zero-order valence-corrected chi connectivity index (χ0v) is 10.6. The van der Waals surface area contributed by atoms with Gasteiger partial charge in [0.1, 0.15) is 5.69 Å². The molecule has 3 aromatic rings. The van der Waals surface area contributed by atoms with Crippen molar-refractivity contribution in [1.29, 1.82) is 0 Å². The van der Waals surface area contributed by atoms with Crippen LogP contribution >= 0.6 is 0 Å². The van der Waals surface area contributed by atoms with E-state index in [1.54, 1.807) is 0 Å². The number of oxazole rings is 1. The van der Waals surface area contributed by atoms with Crippen molar-refractivity contribution in [2.24, 2.45) is 0 Å². The largest absolute Gasteiger partial charge is 0.420 e. The first kappa shape index (κ1) is 11.5. The molecule has 0 atom stereocenters. The summed E-state index contributed by atoms with van der Waals surface area (Å²) in [7, 11) is 1.84. The van der Waals surface area contributed by atoms with E-state index in [1.807, 2.05) is 67.7 Å². The van der Waals surface area contributed by atoms with Crippen molar-refractivity contribution >= 4 is 5.88 Å². The molecule has 0 spiro atoms. The highest BCUT2D eigenvalue weighted by Gasteiger charge is 2.14. The molecular formula is C16H14N2O. The van der Waals surface area contributed by atoms with Crippen LogP contribution in [0.5, 0.6) is 0 Å². The van der Waals surface area contributed by atoms with Gasteiger partial charge in [0.15, 0.2) is 0 Å². The molecule has 0 aliphatic carbocycles. The van der Waals surface area contributed by atoms with Crippen LogP contribution in [0.15, 0.2) is 65.1 Å². The van der Waals surface area contributed by atoms with Crippen LogP contribution in [0, 0.1) is 0 Å². The van der Waals surface area contributed by atoms with Crippen molar-refractivity contribution in [1.82, 2.24) is 4.98 Å². The van der Waals surface area contributed by atoms with Gasteiger partial charge in [-0.2, -0.15) is 0 Å². The Labute approximate surface area is 111 Å². The highest BCUT2D eigenvalue weighted by Crippen LogP contribution is 2.32. The summed E-state index contributed by atoms with van der Waals surface area (Å²) in [5.74, 6) is 1.31. The summed E-state index contributed by atoms with van der Waals surface area (Å²) in [6.45, 7) is 0. The Morgan fingerprint density at radius 1 is 0.842 bits per heavy atom. The van der Waals surface area contributed by atoms with Gasteiger partial charge in [-0.05, 0) is 12.1 Å². The number of rotatable bonds is 3. The van der Waals surface area contributed by atoms with Gasteiger partial charge in [-0.3, -0.25) is 0 Å². The lowest BCUT2D eigenvalue weighted by atomic mass is 10.1. The summed E-state index contributed by atoms with van der Waals surface area (Å²) in [4.78, 5) is 4.59. The van der Waals surface area contributed by atoms with Crippen molar-refractivity contribution in [3.05, 3.63) is 60.7 Å². The van der Waals surface area contributed by atoms with Crippen molar-refractivity contribution < 1.29 is 4.42 Å². The summed E-state index contributed by atoms with van der Waals surface area (Å²) in [6, 6.07) is 19.9. The average molecular weight is 250 g/mol. The predicted molar refractivity (Wildman–Crippen MR) is 76.9 cm³/mol. The third-order valence-electron chi connectivity index (χ3n) is 2.92. The molecule has 0 fully saturated rings. The lowest BCUT2D eigenvalue weighted by Gasteiger charge is -1.98. The maximum absolute atomic E-state index is 5.78. The molecule has 0 saturated carbocycles. The van der Waals surface area contributed by atoms with E-state index in [1.165, 1.54) is 0 Å². The minimum Gasteiger partial charge on any atom is -0.420 e. The highest BCUT2D eigenvalue weighted by atomic mass is 16.4. The van der Waals surface area contributed by atoms with E-state index in [-0.39, 0.29) is 0 Å². The van der Waals surface area contributed by atoms with Crippen LogP contribution in [-0.4, -0.2) is 12.0 Å². The number of nitrogens with zero attached hydrogens (tertiary/aromatic N) is 1. The number of anilines is 1. The molecule has 3 heteroatoms. The van der Waals surface area contributed by atoms with E-state index in [0.717, 1.165) is 16.8 Å². The summed E-state index contributed by atoms with van der Waals surface area (Å²) >= 11 is 0. The molecule has 0 unspecified atom stereocenters. The third-order valence-corrected chi connectivity index (χ3v) is 2.92. The fourth-order valence-electron chi connectivity index (χ4n) is 1.99. The Hall–Kier alpha value is -2.55. The van der Waals surface area contributed by atoms with E-state index >= 15 is 0 Å². The van der Waals surface area contributed by atoms with Gasteiger partial charge in [0, 0.05) is 18.2 Å². The second-order valence-electron chi connectivity index (χ2n) is 4.18. The Morgan fingerprint density at radius 2 is 1.42 bits per heavy atom. The molecule has 0 aliphatic heterocycles. The molecule has 1 aromatic heterocycles. The molecule has 3 nitrogen and oxygen atoms in total. The third kappa shape index (κ3) is 2.22. The van der Waals surface area contributed by atoms with Gasteiger partial charge in [-0.1, -0.05) is 48.5 Å². The Balaban J connectivity index is 2.09. The highest BCUT2D eigenvalue weighted by molar-refractivity contribution is 5.73. The fraction of sp³-hybridized carbons (Fsp3) is 0.0625. The summed E-state index contributed by atoms with van der Waals surface area (Å²) in [5.41, 5.74) is 2.85. The number of hydrogen-bond acceptors (Lipinski definition) is 3. The van der Waals surface area contributed by atoms with Gasteiger partial charge in [0.25, 0.3) is 0 Å². The molecule has 0 aliphatic rings. The summed E-state index contributed by atoms with van der Waals surface area (Å²) in [5, 5.41) is 3.06. The van der Waals surface area contributed by atoms with Crippen molar-refractivity contribution in [3.8, 4) is 22.7 Å². The van der Waals surface area contributed by atoms with Gasteiger partial charge in [0.2, 0.25) is 11.8 Å². The van der Waals surface area contributed by atoms with Crippen LogP contribution in [0.4, 0.5) is 5.88 Å².